The molecule has 0 radical (unpaired) electrons. The van der Waals surface area contributed by atoms with Crippen molar-refractivity contribution in [1.29, 1.82) is 0 Å². The van der Waals surface area contributed by atoms with Crippen LogP contribution in [0.5, 0.6) is 0 Å². The summed E-state index contributed by atoms with van der Waals surface area (Å²) in [6.45, 7) is 3.43. The number of hydrogen-bond donors (Lipinski definition) is 2. The van der Waals surface area contributed by atoms with Crippen LogP contribution < -0.4 is 15.5 Å². The second-order valence-electron chi connectivity index (χ2n) is 5.76. The molecule has 150 valence electrons. The minimum absolute atomic E-state index is 0. The molecular formula is C17H23F3IN5S. The Morgan fingerprint density at radius 1 is 1.19 bits per heavy atom. The van der Waals surface area contributed by atoms with E-state index in [-0.39, 0.29) is 30.5 Å². The standard InChI is InChI=1S/C17H22F3N5S.HI/c1-4-21-15(23-10-14-11-26-16(24-14)25(2)3)22-9-12-5-7-13(8-6-12)17(18,19)20;/h5-8,11H,4,9-10H2,1-3H3,(H2,21,22,23);1H. The molecule has 10 heteroatoms. The van der Waals surface area contributed by atoms with Crippen molar-refractivity contribution in [3.05, 3.63) is 46.5 Å². The molecular weight excluding hydrogens is 490 g/mol. The van der Waals surface area contributed by atoms with E-state index in [1.165, 1.54) is 12.1 Å². The van der Waals surface area contributed by atoms with Crippen molar-refractivity contribution in [3.63, 3.8) is 0 Å². The van der Waals surface area contributed by atoms with Crippen molar-refractivity contribution in [2.24, 2.45) is 4.99 Å². The number of anilines is 1. The number of aliphatic imine (C=N–C) groups is 1. The van der Waals surface area contributed by atoms with Crippen molar-refractivity contribution in [2.75, 3.05) is 25.5 Å². The van der Waals surface area contributed by atoms with Crippen LogP contribution in [0.3, 0.4) is 0 Å². The number of aromatic nitrogens is 1. The van der Waals surface area contributed by atoms with Gasteiger partial charge in [-0.15, -0.1) is 35.3 Å². The van der Waals surface area contributed by atoms with E-state index >= 15 is 0 Å². The van der Waals surface area contributed by atoms with Crippen LogP contribution in [0.15, 0.2) is 34.6 Å². The third-order valence-electron chi connectivity index (χ3n) is 3.40. The minimum Gasteiger partial charge on any atom is -0.357 e. The quantitative estimate of drug-likeness (QED) is 0.347. The van der Waals surface area contributed by atoms with E-state index in [1.807, 2.05) is 31.3 Å². The van der Waals surface area contributed by atoms with Gasteiger partial charge in [-0.3, -0.25) is 0 Å². The van der Waals surface area contributed by atoms with Crippen LogP contribution in [0.2, 0.25) is 0 Å². The molecule has 0 saturated carbocycles. The van der Waals surface area contributed by atoms with E-state index in [0.29, 0.717) is 24.6 Å². The van der Waals surface area contributed by atoms with E-state index in [4.69, 9.17) is 0 Å². The molecule has 2 N–H and O–H groups in total. The van der Waals surface area contributed by atoms with Crippen LogP contribution in [0.4, 0.5) is 18.3 Å². The first-order valence-electron chi connectivity index (χ1n) is 8.09. The Balaban J connectivity index is 0.00000364. The first-order chi connectivity index (χ1) is 12.3. The third kappa shape index (κ3) is 7.53. The second kappa shape index (κ2) is 10.7. The summed E-state index contributed by atoms with van der Waals surface area (Å²) < 4.78 is 37.8. The zero-order valence-electron chi connectivity index (χ0n) is 15.3. The summed E-state index contributed by atoms with van der Waals surface area (Å²) >= 11 is 1.56. The first kappa shape index (κ1) is 23.5. The molecule has 2 aromatic rings. The minimum atomic E-state index is -4.32. The van der Waals surface area contributed by atoms with E-state index in [1.54, 1.807) is 11.3 Å². The van der Waals surface area contributed by atoms with E-state index in [2.05, 4.69) is 20.6 Å². The number of alkyl halides is 3. The van der Waals surface area contributed by atoms with E-state index in [0.717, 1.165) is 23.0 Å². The number of nitrogens with one attached hydrogen (secondary N) is 2. The molecule has 2 rings (SSSR count). The maximum absolute atomic E-state index is 12.6. The second-order valence-corrected chi connectivity index (χ2v) is 6.60. The van der Waals surface area contributed by atoms with E-state index in [9.17, 15) is 13.2 Å². The molecule has 1 aromatic heterocycles. The number of rotatable bonds is 6. The van der Waals surface area contributed by atoms with Crippen molar-refractivity contribution in [3.8, 4) is 0 Å². The van der Waals surface area contributed by atoms with Gasteiger partial charge in [-0.2, -0.15) is 13.2 Å². The Morgan fingerprint density at radius 3 is 2.37 bits per heavy atom. The molecule has 0 aliphatic heterocycles. The van der Waals surface area contributed by atoms with Crippen LogP contribution in [0.25, 0.3) is 0 Å². The lowest BCUT2D eigenvalue weighted by molar-refractivity contribution is -0.137. The van der Waals surface area contributed by atoms with Gasteiger partial charge in [-0.05, 0) is 24.6 Å². The Morgan fingerprint density at radius 2 is 1.85 bits per heavy atom. The molecule has 0 aliphatic carbocycles. The highest BCUT2D eigenvalue weighted by atomic mass is 127. The van der Waals surface area contributed by atoms with Gasteiger partial charge in [-0.25, -0.2) is 9.98 Å². The first-order valence-corrected chi connectivity index (χ1v) is 8.97. The molecule has 27 heavy (non-hydrogen) atoms. The Labute approximate surface area is 178 Å². The van der Waals surface area contributed by atoms with Gasteiger partial charge in [0.1, 0.15) is 0 Å². The summed E-state index contributed by atoms with van der Waals surface area (Å²) in [7, 11) is 3.87. The number of benzene rings is 1. The molecule has 0 spiro atoms. The number of halogens is 4. The Kier molecular flexibility index (Phi) is 9.30. The maximum Gasteiger partial charge on any atom is 0.416 e. The fourth-order valence-electron chi connectivity index (χ4n) is 2.07. The number of guanidine groups is 1. The number of thiazole rings is 1. The Hall–Kier alpha value is -1.56. The van der Waals surface area contributed by atoms with Gasteiger partial charge in [0, 0.05) is 26.0 Å². The lowest BCUT2D eigenvalue weighted by Gasteiger charge is -2.11. The molecule has 1 heterocycles. The molecule has 0 unspecified atom stereocenters. The van der Waals surface area contributed by atoms with Crippen LogP contribution in [-0.2, 0) is 19.3 Å². The van der Waals surface area contributed by atoms with Crippen molar-refractivity contribution < 1.29 is 13.2 Å². The zero-order chi connectivity index (χ0) is 19.2. The summed E-state index contributed by atoms with van der Waals surface area (Å²) in [5, 5.41) is 9.19. The van der Waals surface area contributed by atoms with Crippen LogP contribution in [0, 0.1) is 0 Å². The smallest absolute Gasteiger partial charge is 0.357 e. The number of nitrogens with zero attached hydrogens (tertiary/aromatic N) is 3. The van der Waals surface area contributed by atoms with Gasteiger partial charge < -0.3 is 15.5 Å². The predicted molar refractivity (Wildman–Crippen MR) is 115 cm³/mol. The SMILES string of the molecule is CCNC(=NCc1ccc(C(F)(F)F)cc1)NCc1csc(N(C)C)n1.I. The monoisotopic (exact) mass is 513 g/mol. The summed E-state index contributed by atoms with van der Waals surface area (Å²) in [5.41, 5.74) is 0.952. The van der Waals surface area contributed by atoms with Crippen LogP contribution >= 0.6 is 35.3 Å². The van der Waals surface area contributed by atoms with Gasteiger partial charge >= 0.3 is 6.18 Å². The summed E-state index contributed by atoms with van der Waals surface area (Å²) in [6, 6.07) is 5.03. The molecule has 0 bridgehead atoms. The lowest BCUT2D eigenvalue weighted by Crippen LogP contribution is -2.36. The fourth-order valence-corrected chi connectivity index (χ4v) is 2.83. The summed E-state index contributed by atoms with van der Waals surface area (Å²) in [4.78, 5) is 10.8. The van der Waals surface area contributed by atoms with Gasteiger partial charge in [-0.1, -0.05) is 12.1 Å². The Bertz CT molecular complexity index is 729. The average molecular weight is 513 g/mol. The van der Waals surface area contributed by atoms with Crippen molar-refractivity contribution >= 4 is 46.4 Å². The van der Waals surface area contributed by atoms with Crippen LogP contribution in [-0.4, -0.2) is 31.6 Å². The molecule has 0 saturated heterocycles. The summed E-state index contributed by atoms with van der Waals surface area (Å²) in [5.74, 6) is 0.590. The predicted octanol–water partition coefficient (Wildman–Crippen LogP) is 4.10. The average Bonchev–Trinajstić information content (AvgIpc) is 3.06. The zero-order valence-corrected chi connectivity index (χ0v) is 18.4. The molecule has 0 atom stereocenters. The topological polar surface area (TPSA) is 52.6 Å². The molecule has 0 amide bonds. The highest BCUT2D eigenvalue weighted by Crippen LogP contribution is 2.29. The largest absolute Gasteiger partial charge is 0.416 e. The van der Waals surface area contributed by atoms with Crippen LogP contribution in [0.1, 0.15) is 23.7 Å². The van der Waals surface area contributed by atoms with Gasteiger partial charge in [0.05, 0.1) is 24.3 Å². The normalized spacial score (nSPS) is 11.7. The van der Waals surface area contributed by atoms with Gasteiger partial charge in [0.15, 0.2) is 11.1 Å². The molecule has 5 nitrogen and oxygen atoms in total. The van der Waals surface area contributed by atoms with Gasteiger partial charge in [0.2, 0.25) is 0 Å². The van der Waals surface area contributed by atoms with Crippen molar-refractivity contribution in [1.82, 2.24) is 15.6 Å². The third-order valence-corrected chi connectivity index (χ3v) is 4.46. The lowest BCUT2D eigenvalue weighted by atomic mass is 10.1. The summed E-state index contributed by atoms with van der Waals surface area (Å²) in [6.07, 6.45) is -4.32. The maximum atomic E-state index is 12.6. The molecule has 0 fully saturated rings. The fraction of sp³-hybridized carbons (Fsp3) is 0.412. The highest BCUT2D eigenvalue weighted by Gasteiger charge is 2.29. The van der Waals surface area contributed by atoms with Gasteiger partial charge in [0.25, 0.3) is 0 Å². The number of hydrogen-bond acceptors (Lipinski definition) is 4. The molecule has 0 aliphatic rings. The van der Waals surface area contributed by atoms with Crippen molar-refractivity contribution in [2.45, 2.75) is 26.2 Å². The van der Waals surface area contributed by atoms with E-state index < -0.39 is 11.7 Å². The highest BCUT2D eigenvalue weighted by molar-refractivity contribution is 14.0. The molecule has 1 aromatic carbocycles.